The molecular weight excluding hydrogens is 584 g/mol. The Morgan fingerprint density at radius 2 is 1.61 bits per heavy atom. The monoisotopic (exact) mass is 620 g/mol. The molecule has 2 aliphatic carbocycles. The first kappa shape index (κ1) is 29.7. The molecule has 0 bridgehead atoms. The SMILES string of the molecule is CCCOc1ccc2c(c1)C(c1ccc(OC)cc1CC(=O)O)C(C(=O)O)C2(c1ccc2c(c1)CCC2)c1ccc2c(c1)OCO2. The summed E-state index contributed by atoms with van der Waals surface area (Å²) in [6.07, 6.45) is 3.51. The minimum absolute atomic E-state index is 0.0920. The number of carboxylic acids is 2. The molecule has 0 amide bonds. The minimum atomic E-state index is -1.16. The molecule has 3 aliphatic rings. The van der Waals surface area contributed by atoms with Gasteiger partial charge in [-0.15, -0.1) is 0 Å². The van der Waals surface area contributed by atoms with E-state index in [9.17, 15) is 19.8 Å². The summed E-state index contributed by atoms with van der Waals surface area (Å²) < 4.78 is 23.1. The lowest BCUT2D eigenvalue weighted by Gasteiger charge is -2.38. The lowest BCUT2D eigenvalue weighted by atomic mass is 9.62. The van der Waals surface area contributed by atoms with Gasteiger partial charge in [0.1, 0.15) is 11.5 Å². The van der Waals surface area contributed by atoms with Crippen molar-refractivity contribution in [1.29, 1.82) is 0 Å². The molecule has 8 heteroatoms. The van der Waals surface area contributed by atoms with E-state index in [-0.39, 0.29) is 13.2 Å². The number of hydrogen-bond donors (Lipinski definition) is 2. The van der Waals surface area contributed by atoms with E-state index in [4.69, 9.17) is 18.9 Å². The second-order valence-corrected chi connectivity index (χ2v) is 12.2. The van der Waals surface area contributed by atoms with E-state index >= 15 is 0 Å². The standard InChI is InChI=1S/C38H36O8/c1-3-15-44-28-11-13-31-30(20-28)35(29-12-10-27(43-2)17-24(29)18-34(39)40)36(37(41)42)38(31,25-8-7-22-5-4-6-23(22)16-25)26-9-14-32-33(19-26)46-21-45-32/h7-14,16-17,19-20,35-36H,3-6,15,18,21H2,1-2H3,(H,39,40)(H,41,42). The largest absolute Gasteiger partial charge is 0.497 e. The van der Waals surface area contributed by atoms with Gasteiger partial charge < -0.3 is 29.2 Å². The van der Waals surface area contributed by atoms with Gasteiger partial charge >= 0.3 is 11.9 Å². The van der Waals surface area contributed by atoms with Crippen LogP contribution in [0.4, 0.5) is 0 Å². The second-order valence-electron chi connectivity index (χ2n) is 12.2. The van der Waals surface area contributed by atoms with Crippen LogP contribution in [0.5, 0.6) is 23.0 Å². The van der Waals surface area contributed by atoms with Crippen LogP contribution in [0.25, 0.3) is 0 Å². The summed E-state index contributed by atoms with van der Waals surface area (Å²) in [6.45, 7) is 2.64. The second kappa shape index (κ2) is 11.7. The molecule has 2 N–H and O–H groups in total. The van der Waals surface area contributed by atoms with Gasteiger partial charge in [0.25, 0.3) is 0 Å². The van der Waals surface area contributed by atoms with Crippen molar-refractivity contribution in [2.45, 2.75) is 50.4 Å². The van der Waals surface area contributed by atoms with Crippen LogP contribution in [0.15, 0.2) is 72.8 Å². The number of aryl methyl sites for hydroxylation is 2. The molecule has 236 valence electrons. The summed E-state index contributed by atoms with van der Waals surface area (Å²) in [5.41, 5.74) is 5.75. The summed E-state index contributed by atoms with van der Waals surface area (Å²) in [6, 6.07) is 23.2. The summed E-state index contributed by atoms with van der Waals surface area (Å²) in [5.74, 6) is -1.46. The van der Waals surface area contributed by atoms with Gasteiger partial charge in [0.05, 0.1) is 31.5 Å². The maximum absolute atomic E-state index is 14.0. The predicted molar refractivity (Wildman–Crippen MR) is 170 cm³/mol. The van der Waals surface area contributed by atoms with E-state index in [1.54, 1.807) is 12.1 Å². The Morgan fingerprint density at radius 1 is 0.848 bits per heavy atom. The maximum atomic E-state index is 14.0. The summed E-state index contributed by atoms with van der Waals surface area (Å²) in [5, 5.41) is 21.4. The van der Waals surface area contributed by atoms with Gasteiger partial charge in [0.15, 0.2) is 11.5 Å². The van der Waals surface area contributed by atoms with Crippen LogP contribution in [-0.2, 0) is 34.3 Å². The van der Waals surface area contributed by atoms with Crippen molar-refractivity contribution in [3.63, 3.8) is 0 Å². The van der Waals surface area contributed by atoms with Crippen molar-refractivity contribution < 1.29 is 38.7 Å². The number of carboxylic acid groups (broad SMARTS) is 2. The van der Waals surface area contributed by atoms with Crippen LogP contribution in [0.3, 0.4) is 0 Å². The van der Waals surface area contributed by atoms with Crippen LogP contribution < -0.4 is 18.9 Å². The predicted octanol–water partition coefficient (Wildman–Crippen LogP) is 6.51. The molecule has 3 atom stereocenters. The third-order valence-electron chi connectivity index (χ3n) is 9.73. The zero-order valence-electron chi connectivity index (χ0n) is 25.9. The Bertz CT molecular complexity index is 1790. The van der Waals surface area contributed by atoms with Gasteiger partial charge in [0.2, 0.25) is 6.79 Å². The Balaban J connectivity index is 1.57. The van der Waals surface area contributed by atoms with Gasteiger partial charge in [-0.1, -0.05) is 43.3 Å². The lowest BCUT2D eigenvalue weighted by molar-refractivity contribution is -0.143. The van der Waals surface area contributed by atoms with E-state index in [0.29, 0.717) is 40.7 Å². The first-order valence-electron chi connectivity index (χ1n) is 15.8. The van der Waals surface area contributed by atoms with Crippen molar-refractivity contribution in [3.8, 4) is 23.0 Å². The smallest absolute Gasteiger partial charge is 0.309 e. The quantitative estimate of drug-likeness (QED) is 0.207. The Labute approximate surface area is 267 Å². The average Bonchev–Trinajstić information content (AvgIpc) is 3.79. The van der Waals surface area contributed by atoms with Crippen molar-refractivity contribution in [2.24, 2.45) is 5.92 Å². The molecule has 4 aromatic carbocycles. The van der Waals surface area contributed by atoms with Gasteiger partial charge in [-0.3, -0.25) is 9.59 Å². The van der Waals surface area contributed by atoms with Crippen LogP contribution in [0, 0.1) is 5.92 Å². The van der Waals surface area contributed by atoms with E-state index < -0.39 is 29.2 Å². The highest BCUT2D eigenvalue weighted by atomic mass is 16.7. The first-order chi connectivity index (χ1) is 22.3. The fraction of sp³-hybridized carbons (Fsp3) is 0.316. The molecule has 3 unspecified atom stereocenters. The highest BCUT2D eigenvalue weighted by Crippen LogP contribution is 2.61. The topological polar surface area (TPSA) is 112 Å². The number of rotatable bonds is 10. The first-order valence-corrected chi connectivity index (χ1v) is 15.8. The maximum Gasteiger partial charge on any atom is 0.309 e. The molecule has 1 aliphatic heterocycles. The van der Waals surface area contributed by atoms with E-state index in [1.807, 2.05) is 49.4 Å². The summed E-state index contributed by atoms with van der Waals surface area (Å²) in [7, 11) is 1.53. The van der Waals surface area contributed by atoms with E-state index in [0.717, 1.165) is 47.9 Å². The molecule has 7 rings (SSSR count). The van der Waals surface area contributed by atoms with Gasteiger partial charge in [0, 0.05) is 5.92 Å². The fourth-order valence-corrected chi connectivity index (χ4v) is 7.86. The fourth-order valence-electron chi connectivity index (χ4n) is 7.86. The van der Waals surface area contributed by atoms with Crippen molar-refractivity contribution >= 4 is 11.9 Å². The molecule has 46 heavy (non-hydrogen) atoms. The van der Waals surface area contributed by atoms with Gasteiger partial charge in [-0.25, -0.2) is 0 Å². The molecule has 0 saturated carbocycles. The number of fused-ring (bicyclic) bond motifs is 3. The normalized spacial score (nSPS) is 20.7. The van der Waals surface area contributed by atoms with Crippen molar-refractivity contribution in [3.05, 3.63) is 117 Å². The number of ether oxygens (including phenoxy) is 4. The van der Waals surface area contributed by atoms with Crippen molar-refractivity contribution in [1.82, 2.24) is 0 Å². The zero-order valence-corrected chi connectivity index (χ0v) is 25.9. The summed E-state index contributed by atoms with van der Waals surface area (Å²) in [4.78, 5) is 26.1. The highest BCUT2D eigenvalue weighted by Gasteiger charge is 2.59. The molecule has 8 nitrogen and oxygen atoms in total. The van der Waals surface area contributed by atoms with Gasteiger partial charge in [-0.2, -0.15) is 0 Å². The molecular formula is C38H36O8. The molecule has 0 spiro atoms. The van der Waals surface area contributed by atoms with Gasteiger partial charge in [-0.05, 0) is 107 Å². The van der Waals surface area contributed by atoms with Crippen LogP contribution in [0.1, 0.15) is 70.2 Å². The number of methoxy groups -OCH3 is 1. The van der Waals surface area contributed by atoms with E-state index in [2.05, 4.69) is 18.2 Å². The Morgan fingerprint density at radius 3 is 2.39 bits per heavy atom. The third kappa shape index (κ3) is 4.75. The zero-order chi connectivity index (χ0) is 32.0. The van der Waals surface area contributed by atoms with Crippen LogP contribution in [-0.4, -0.2) is 42.7 Å². The average molecular weight is 621 g/mol. The van der Waals surface area contributed by atoms with Crippen LogP contribution >= 0.6 is 0 Å². The number of hydrogen-bond acceptors (Lipinski definition) is 6. The molecule has 4 aromatic rings. The molecule has 1 heterocycles. The minimum Gasteiger partial charge on any atom is -0.497 e. The molecule has 0 saturated heterocycles. The molecule has 0 fully saturated rings. The molecule has 0 aromatic heterocycles. The van der Waals surface area contributed by atoms with E-state index in [1.165, 1.54) is 18.2 Å². The highest BCUT2D eigenvalue weighted by molar-refractivity contribution is 5.83. The summed E-state index contributed by atoms with van der Waals surface area (Å²) >= 11 is 0. The van der Waals surface area contributed by atoms with Crippen molar-refractivity contribution in [2.75, 3.05) is 20.5 Å². The number of carbonyl (C=O) groups is 2. The number of aliphatic carboxylic acids is 2. The lowest BCUT2D eigenvalue weighted by Crippen LogP contribution is -2.41. The Hall–Kier alpha value is -4.98. The number of benzene rings is 4. The third-order valence-corrected chi connectivity index (χ3v) is 9.73. The van der Waals surface area contributed by atoms with Crippen LogP contribution in [0.2, 0.25) is 0 Å². The molecule has 0 radical (unpaired) electrons. The Kier molecular flexibility index (Phi) is 7.59.